The van der Waals surface area contributed by atoms with Gasteiger partial charge in [-0.1, -0.05) is 0 Å². The zero-order valence-corrected chi connectivity index (χ0v) is 13.1. The topological polar surface area (TPSA) is 76.7 Å². The molecule has 1 N–H and O–H groups in total. The summed E-state index contributed by atoms with van der Waals surface area (Å²) in [6, 6.07) is -0.0939. The van der Waals surface area contributed by atoms with E-state index in [-0.39, 0.29) is 18.4 Å². The lowest BCUT2D eigenvalue weighted by molar-refractivity contribution is -0.189. The number of aryl methyl sites for hydroxylation is 2. The highest BCUT2D eigenvalue weighted by molar-refractivity contribution is 5.77. The fraction of sp³-hybridized carbons (Fsp3) is 0.733. The van der Waals surface area contributed by atoms with Gasteiger partial charge in [0.1, 0.15) is 0 Å². The number of nitrogens with zero attached hydrogens (tertiary/aromatic N) is 2. The van der Waals surface area contributed by atoms with E-state index in [1.807, 2.05) is 18.7 Å². The molecule has 3 rings (SSSR count). The lowest BCUT2D eigenvalue weighted by Gasteiger charge is -2.37. The van der Waals surface area contributed by atoms with Crippen LogP contribution < -0.4 is 0 Å². The van der Waals surface area contributed by atoms with Crippen LogP contribution in [0.3, 0.4) is 0 Å². The van der Waals surface area contributed by atoms with Gasteiger partial charge in [0.15, 0.2) is 6.29 Å². The number of nitrogens with one attached hydrogen (secondary N) is 1. The molecule has 0 aliphatic carbocycles. The molecule has 1 aromatic rings. The predicted octanol–water partition coefficient (Wildman–Crippen LogP) is 1.08. The Kier molecular flexibility index (Phi) is 4.75. The molecule has 1 atom stereocenters. The van der Waals surface area contributed by atoms with E-state index in [2.05, 4.69) is 10.2 Å². The lowest BCUT2D eigenvalue weighted by Crippen LogP contribution is -2.45. The minimum Gasteiger partial charge on any atom is -0.377 e. The van der Waals surface area contributed by atoms with Crippen molar-refractivity contribution in [2.45, 2.75) is 39.0 Å². The van der Waals surface area contributed by atoms with Crippen LogP contribution in [0.25, 0.3) is 0 Å². The second-order valence-electron chi connectivity index (χ2n) is 5.75. The van der Waals surface area contributed by atoms with Crippen molar-refractivity contribution in [3.05, 3.63) is 17.0 Å². The monoisotopic (exact) mass is 309 g/mol. The minimum absolute atomic E-state index is 0.0419. The van der Waals surface area contributed by atoms with Crippen LogP contribution in [0, 0.1) is 13.8 Å². The van der Waals surface area contributed by atoms with Crippen molar-refractivity contribution in [2.24, 2.45) is 0 Å². The number of amides is 1. The first kappa shape index (κ1) is 15.5. The smallest absolute Gasteiger partial charge is 0.228 e. The third-order valence-electron chi connectivity index (χ3n) is 4.20. The number of hydrogen-bond donors (Lipinski definition) is 1. The molecular formula is C15H23N3O4. The summed E-state index contributed by atoms with van der Waals surface area (Å²) < 4.78 is 16.6. The van der Waals surface area contributed by atoms with Gasteiger partial charge in [0.2, 0.25) is 5.91 Å². The molecule has 0 saturated carbocycles. The quantitative estimate of drug-likeness (QED) is 0.904. The van der Waals surface area contributed by atoms with Gasteiger partial charge in [0.05, 0.1) is 44.6 Å². The number of carbonyl (C=O) groups is 1. The van der Waals surface area contributed by atoms with Crippen molar-refractivity contribution in [1.29, 1.82) is 0 Å². The van der Waals surface area contributed by atoms with Crippen LogP contribution in [-0.2, 0) is 19.0 Å². The van der Waals surface area contributed by atoms with Crippen molar-refractivity contribution in [2.75, 3.05) is 33.0 Å². The highest BCUT2D eigenvalue weighted by Gasteiger charge is 2.33. The zero-order valence-electron chi connectivity index (χ0n) is 13.1. The summed E-state index contributed by atoms with van der Waals surface area (Å²) in [6.07, 6.45) is 0.723. The van der Waals surface area contributed by atoms with Crippen molar-refractivity contribution >= 4 is 5.91 Å². The van der Waals surface area contributed by atoms with E-state index in [9.17, 15) is 4.79 Å². The van der Waals surface area contributed by atoms with Crippen molar-refractivity contribution < 1.29 is 19.0 Å². The number of aromatic nitrogens is 2. The fourth-order valence-corrected chi connectivity index (χ4v) is 3.11. The fourth-order valence-electron chi connectivity index (χ4n) is 3.11. The second kappa shape index (κ2) is 6.76. The minimum atomic E-state index is -0.420. The third-order valence-corrected chi connectivity index (χ3v) is 4.20. The van der Waals surface area contributed by atoms with Crippen LogP contribution in [0.4, 0.5) is 0 Å². The molecule has 122 valence electrons. The van der Waals surface area contributed by atoms with Gasteiger partial charge < -0.3 is 19.1 Å². The highest BCUT2D eigenvalue weighted by atomic mass is 16.7. The predicted molar refractivity (Wildman–Crippen MR) is 78.3 cm³/mol. The van der Waals surface area contributed by atoms with Crippen LogP contribution in [0.15, 0.2) is 0 Å². The summed E-state index contributed by atoms with van der Waals surface area (Å²) in [5.41, 5.74) is 2.95. The van der Waals surface area contributed by atoms with Gasteiger partial charge in [-0.15, -0.1) is 0 Å². The molecule has 2 saturated heterocycles. The first-order valence-corrected chi connectivity index (χ1v) is 7.78. The molecule has 1 unspecified atom stereocenters. The van der Waals surface area contributed by atoms with Gasteiger partial charge in [-0.2, -0.15) is 5.10 Å². The third kappa shape index (κ3) is 3.16. The average Bonchev–Trinajstić information content (AvgIpc) is 2.87. The molecule has 1 amide bonds. The summed E-state index contributed by atoms with van der Waals surface area (Å²) in [7, 11) is 0. The SMILES string of the molecule is Cc1n[nH]c(C)c1C1COCCN1C(=O)CC1OCCCO1. The molecule has 0 spiro atoms. The average molecular weight is 309 g/mol. The molecule has 7 nitrogen and oxygen atoms in total. The highest BCUT2D eigenvalue weighted by Crippen LogP contribution is 2.29. The normalized spacial score (nSPS) is 23.7. The summed E-state index contributed by atoms with van der Waals surface area (Å²) in [5.74, 6) is 0.0419. The number of ether oxygens (including phenoxy) is 3. The first-order chi connectivity index (χ1) is 10.7. The Hall–Kier alpha value is -1.44. The number of carbonyl (C=O) groups excluding carboxylic acids is 1. The van der Waals surface area contributed by atoms with Gasteiger partial charge in [0, 0.05) is 17.8 Å². The number of aromatic amines is 1. The Morgan fingerprint density at radius 3 is 2.77 bits per heavy atom. The van der Waals surface area contributed by atoms with E-state index in [0.717, 1.165) is 23.4 Å². The molecule has 1 aromatic heterocycles. The van der Waals surface area contributed by atoms with Crippen LogP contribution in [-0.4, -0.2) is 60.3 Å². The number of H-pyrrole nitrogens is 1. The lowest BCUT2D eigenvalue weighted by atomic mass is 10.0. The van der Waals surface area contributed by atoms with Gasteiger partial charge in [-0.3, -0.25) is 9.89 Å². The standard InChI is InChI=1S/C15H23N3O4/c1-10-15(11(2)17-16-10)12-9-20-7-4-18(12)13(19)8-14-21-5-3-6-22-14/h12,14H,3-9H2,1-2H3,(H,16,17). The summed E-state index contributed by atoms with van der Waals surface area (Å²) in [5, 5.41) is 7.22. The van der Waals surface area contributed by atoms with E-state index >= 15 is 0 Å². The van der Waals surface area contributed by atoms with Gasteiger partial charge in [0.25, 0.3) is 0 Å². The molecular weight excluding hydrogens is 286 g/mol. The van der Waals surface area contributed by atoms with Crippen LogP contribution >= 0.6 is 0 Å². The molecule has 0 aromatic carbocycles. The maximum absolute atomic E-state index is 12.7. The Morgan fingerprint density at radius 1 is 1.32 bits per heavy atom. The number of morpholine rings is 1. The summed E-state index contributed by atoms with van der Waals surface area (Å²) in [6.45, 7) is 6.88. The van der Waals surface area contributed by atoms with Crippen molar-refractivity contribution in [3.8, 4) is 0 Å². The molecule has 7 heteroatoms. The Labute approximate surface area is 129 Å². The van der Waals surface area contributed by atoms with E-state index in [4.69, 9.17) is 14.2 Å². The van der Waals surface area contributed by atoms with E-state index in [1.165, 1.54) is 0 Å². The Bertz CT molecular complexity index is 505. The molecule has 0 bridgehead atoms. The second-order valence-corrected chi connectivity index (χ2v) is 5.75. The molecule has 2 fully saturated rings. The Balaban J connectivity index is 1.73. The molecule has 2 aliphatic heterocycles. The van der Waals surface area contributed by atoms with Gasteiger partial charge >= 0.3 is 0 Å². The Morgan fingerprint density at radius 2 is 2.09 bits per heavy atom. The number of rotatable bonds is 3. The molecule has 2 aliphatic rings. The van der Waals surface area contributed by atoms with Crippen LogP contribution in [0.5, 0.6) is 0 Å². The number of hydrogen-bond acceptors (Lipinski definition) is 5. The maximum Gasteiger partial charge on any atom is 0.228 e. The van der Waals surface area contributed by atoms with E-state index < -0.39 is 6.29 Å². The van der Waals surface area contributed by atoms with Gasteiger partial charge in [-0.25, -0.2) is 0 Å². The summed E-state index contributed by atoms with van der Waals surface area (Å²) in [4.78, 5) is 14.5. The summed E-state index contributed by atoms with van der Waals surface area (Å²) >= 11 is 0. The van der Waals surface area contributed by atoms with Gasteiger partial charge in [-0.05, 0) is 20.3 Å². The van der Waals surface area contributed by atoms with Crippen molar-refractivity contribution in [1.82, 2.24) is 15.1 Å². The van der Waals surface area contributed by atoms with E-state index in [1.54, 1.807) is 0 Å². The molecule has 3 heterocycles. The van der Waals surface area contributed by atoms with Crippen LogP contribution in [0.1, 0.15) is 35.8 Å². The molecule has 22 heavy (non-hydrogen) atoms. The molecule has 0 radical (unpaired) electrons. The first-order valence-electron chi connectivity index (χ1n) is 7.78. The van der Waals surface area contributed by atoms with Crippen molar-refractivity contribution in [3.63, 3.8) is 0 Å². The van der Waals surface area contributed by atoms with Crippen LogP contribution in [0.2, 0.25) is 0 Å². The zero-order chi connectivity index (χ0) is 15.5. The maximum atomic E-state index is 12.7. The largest absolute Gasteiger partial charge is 0.377 e. The van der Waals surface area contributed by atoms with E-state index in [0.29, 0.717) is 33.0 Å².